The molecule has 188 valence electrons. The Bertz CT molecular complexity index is 1450. The van der Waals surface area contributed by atoms with E-state index in [-0.39, 0.29) is 42.3 Å². The van der Waals surface area contributed by atoms with Gasteiger partial charge in [-0.05, 0) is 48.2 Å². The Hall–Kier alpha value is -4.32. The van der Waals surface area contributed by atoms with E-state index in [4.69, 9.17) is 6.57 Å². The van der Waals surface area contributed by atoms with Crippen LogP contribution < -0.4 is 5.32 Å². The first-order valence-corrected chi connectivity index (χ1v) is 12.3. The smallest absolute Gasteiger partial charge is 0.302 e. The van der Waals surface area contributed by atoms with Gasteiger partial charge in [0, 0.05) is 25.5 Å². The van der Waals surface area contributed by atoms with Crippen LogP contribution in [0.1, 0.15) is 42.7 Å². The van der Waals surface area contributed by atoms with Gasteiger partial charge in [-0.25, -0.2) is 11.6 Å². The van der Waals surface area contributed by atoms with Gasteiger partial charge < -0.3 is 10.2 Å². The van der Waals surface area contributed by atoms with Crippen LogP contribution >= 0.6 is 0 Å². The third-order valence-corrected chi connectivity index (χ3v) is 7.33. The average Bonchev–Trinajstić information content (AvgIpc) is 3.43. The Kier molecular flexibility index (Phi) is 6.12. The lowest BCUT2D eigenvalue weighted by Gasteiger charge is -2.32. The van der Waals surface area contributed by atoms with Crippen LogP contribution in [0.3, 0.4) is 0 Å². The summed E-state index contributed by atoms with van der Waals surface area (Å²) >= 11 is 0. The van der Waals surface area contributed by atoms with Crippen molar-refractivity contribution in [2.45, 2.75) is 44.3 Å². The van der Waals surface area contributed by atoms with Crippen LogP contribution in [-0.4, -0.2) is 63.3 Å². The van der Waals surface area contributed by atoms with Crippen molar-refractivity contribution in [3.05, 3.63) is 77.4 Å². The monoisotopic (exact) mass is 496 g/mol. The Morgan fingerprint density at radius 2 is 1.97 bits per heavy atom. The summed E-state index contributed by atoms with van der Waals surface area (Å²) in [6, 6.07) is 13.5. The third-order valence-electron chi connectivity index (χ3n) is 7.33. The van der Waals surface area contributed by atoms with Crippen LogP contribution in [0.5, 0.6) is 0 Å². The van der Waals surface area contributed by atoms with E-state index >= 15 is 0 Å². The first-order valence-electron chi connectivity index (χ1n) is 12.3. The van der Waals surface area contributed by atoms with Gasteiger partial charge in [0.05, 0.1) is 17.5 Å². The van der Waals surface area contributed by atoms with Crippen molar-refractivity contribution >= 4 is 34.4 Å². The van der Waals surface area contributed by atoms with Crippen molar-refractivity contribution in [1.82, 2.24) is 19.8 Å². The summed E-state index contributed by atoms with van der Waals surface area (Å²) < 4.78 is 0. The molecule has 3 atom stereocenters. The quantitative estimate of drug-likeness (QED) is 0.545. The molecule has 1 saturated heterocycles. The molecule has 0 radical (unpaired) electrons. The number of aromatic nitrogens is 2. The van der Waals surface area contributed by atoms with Gasteiger partial charge in [0.15, 0.2) is 0 Å². The number of anilines is 1. The number of carbonyl (C=O) groups excluding carboxylic acids is 3. The molecule has 0 saturated carbocycles. The number of pyridine rings is 2. The lowest BCUT2D eigenvalue weighted by Crippen LogP contribution is -2.51. The van der Waals surface area contributed by atoms with Gasteiger partial charge in [0.25, 0.3) is 11.8 Å². The molecule has 37 heavy (non-hydrogen) atoms. The first-order chi connectivity index (χ1) is 17.7. The molecule has 2 aliphatic heterocycles. The number of likely N-dealkylation sites (N-methyl/N-ethyl adjacent to an activating group) is 1. The predicted octanol–water partition coefficient (Wildman–Crippen LogP) is 3.48. The summed E-state index contributed by atoms with van der Waals surface area (Å²) in [4.78, 5) is 56.0. The summed E-state index contributed by atoms with van der Waals surface area (Å²) in [6.07, 6.45) is 1.49. The minimum atomic E-state index is -0.973. The normalized spacial score (nSPS) is 21.1. The van der Waals surface area contributed by atoms with Crippen molar-refractivity contribution in [3.8, 4) is 0 Å². The maximum atomic E-state index is 14.0. The van der Waals surface area contributed by atoms with Crippen molar-refractivity contribution in [2.24, 2.45) is 5.92 Å². The molecule has 4 heterocycles. The SMILES string of the molecule is [C-]#[N+][C@@H]1C[C@@]2(CN1C(=O)[C@H](CC(C)C)N(C)C(=O)c1ccc3ncccc3n1)C(=O)Nc1ccccc12. The van der Waals surface area contributed by atoms with Crippen LogP contribution in [0.25, 0.3) is 15.9 Å². The average molecular weight is 497 g/mol. The Balaban J connectivity index is 1.46. The van der Waals surface area contributed by atoms with Crippen molar-refractivity contribution in [3.63, 3.8) is 0 Å². The molecule has 2 aromatic heterocycles. The van der Waals surface area contributed by atoms with Gasteiger partial charge in [0.1, 0.15) is 17.2 Å². The van der Waals surface area contributed by atoms with E-state index in [1.807, 2.05) is 38.1 Å². The number of hydrogen-bond donors (Lipinski definition) is 1. The molecular formula is C28H28N6O3. The van der Waals surface area contributed by atoms with Crippen molar-refractivity contribution in [1.29, 1.82) is 0 Å². The zero-order valence-corrected chi connectivity index (χ0v) is 21.0. The van der Waals surface area contributed by atoms with E-state index in [1.165, 1.54) is 9.80 Å². The number of rotatable bonds is 5. The molecule has 5 rings (SSSR count). The molecule has 0 aliphatic carbocycles. The van der Waals surface area contributed by atoms with Gasteiger partial charge in [-0.1, -0.05) is 32.0 Å². The minimum Gasteiger partial charge on any atom is -0.328 e. The largest absolute Gasteiger partial charge is 0.328 e. The lowest BCUT2D eigenvalue weighted by molar-refractivity contribution is -0.136. The van der Waals surface area contributed by atoms with Crippen molar-refractivity contribution < 1.29 is 14.4 Å². The highest BCUT2D eigenvalue weighted by Gasteiger charge is 2.59. The predicted molar refractivity (Wildman–Crippen MR) is 138 cm³/mol. The second-order valence-corrected chi connectivity index (χ2v) is 10.2. The number of likely N-dealkylation sites (tertiary alicyclic amines) is 1. The summed E-state index contributed by atoms with van der Waals surface area (Å²) in [5, 5.41) is 2.92. The fourth-order valence-electron chi connectivity index (χ4n) is 5.42. The van der Waals surface area contributed by atoms with Crippen LogP contribution in [-0.2, 0) is 15.0 Å². The van der Waals surface area contributed by atoms with Gasteiger partial charge in [-0.3, -0.25) is 29.1 Å². The van der Waals surface area contributed by atoms with Crippen LogP contribution in [0.4, 0.5) is 5.69 Å². The highest BCUT2D eigenvalue weighted by molar-refractivity contribution is 6.07. The molecule has 2 aliphatic rings. The Morgan fingerprint density at radius 3 is 2.73 bits per heavy atom. The Labute approximate surface area is 215 Å². The number of hydrogen-bond acceptors (Lipinski definition) is 5. The van der Waals surface area contributed by atoms with Gasteiger partial charge in [0.2, 0.25) is 5.91 Å². The number of nitrogens with one attached hydrogen (secondary N) is 1. The summed E-state index contributed by atoms with van der Waals surface area (Å²) in [5.41, 5.74) is 2.03. The standard InChI is InChI=1S/C28H28N6O3/c1-17(2)14-23(33(4)25(35)22-12-11-20-21(31-22)10-7-13-30-20)26(36)34-16-28(15-24(34)29-3)18-8-5-6-9-19(18)32-27(28)37/h5-13,17,23-24H,14-16H2,1-2,4H3,(H,32,37)/t23-,24-,28-/m0/s1. The van der Waals surface area contributed by atoms with E-state index < -0.39 is 17.6 Å². The summed E-state index contributed by atoms with van der Waals surface area (Å²) in [6.45, 7) is 11.9. The molecule has 1 spiro atoms. The lowest BCUT2D eigenvalue weighted by atomic mass is 9.80. The molecule has 3 aromatic rings. The molecule has 9 nitrogen and oxygen atoms in total. The maximum absolute atomic E-state index is 14.0. The molecule has 1 aromatic carbocycles. The van der Waals surface area contributed by atoms with Gasteiger partial charge in [-0.2, -0.15) is 0 Å². The number of carbonyl (C=O) groups is 3. The molecule has 1 fully saturated rings. The summed E-state index contributed by atoms with van der Waals surface area (Å²) in [7, 11) is 1.60. The summed E-state index contributed by atoms with van der Waals surface area (Å²) in [5.74, 6) is -0.808. The van der Waals surface area contributed by atoms with E-state index in [9.17, 15) is 14.4 Å². The van der Waals surface area contributed by atoms with Crippen LogP contribution in [0.15, 0.2) is 54.7 Å². The molecule has 0 unspecified atom stereocenters. The number of amides is 3. The molecule has 9 heteroatoms. The second-order valence-electron chi connectivity index (χ2n) is 10.2. The van der Waals surface area contributed by atoms with E-state index in [0.717, 1.165) is 5.56 Å². The number of benzene rings is 1. The second kappa shape index (κ2) is 9.28. The Morgan fingerprint density at radius 1 is 1.19 bits per heavy atom. The topological polar surface area (TPSA) is 99.9 Å². The highest BCUT2D eigenvalue weighted by Crippen LogP contribution is 2.47. The van der Waals surface area contributed by atoms with Gasteiger partial charge >= 0.3 is 6.17 Å². The molecule has 3 amide bonds. The molecular weight excluding hydrogens is 468 g/mol. The molecule has 0 bridgehead atoms. The zero-order chi connectivity index (χ0) is 26.3. The number of fused-ring (bicyclic) bond motifs is 3. The van der Waals surface area contributed by atoms with Crippen molar-refractivity contribution in [2.75, 3.05) is 18.9 Å². The van der Waals surface area contributed by atoms with Gasteiger partial charge in [-0.15, -0.1) is 0 Å². The highest BCUT2D eigenvalue weighted by atomic mass is 16.2. The van der Waals surface area contributed by atoms with Crippen LogP contribution in [0, 0.1) is 12.5 Å². The number of para-hydroxylation sites is 1. The van der Waals surface area contributed by atoms with E-state index in [2.05, 4.69) is 20.1 Å². The number of nitrogens with zero attached hydrogens (tertiary/aromatic N) is 5. The molecule has 1 N–H and O–H groups in total. The third kappa shape index (κ3) is 4.08. The fraction of sp³-hybridized carbons (Fsp3) is 0.357. The van der Waals surface area contributed by atoms with E-state index in [1.54, 1.807) is 37.5 Å². The zero-order valence-electron chi connectivity index (χ0n) is 21.0. The van der Waals surface area contributed by atoms with Crippen LogP contribution in [0.2, 0.25) is 0 Å². The minimum absolute atomic E-state index is 0.0955. The first kappa shape index (κ1) is 24.4. The fourth-order valence-corrected chi connectivity index (χ4v) is 5.42. The van der Waals surface area contributed by atoms with E-state index in [0.29, 0.717) is 23.1 Å². The maximum Gasteiger partial charge on any atom is 0.302 e.